The Morgan fingerprint density at radius 3 is 2.82 bits per heavy atom. The molecule has 1 aromatic rings. The van der Waals surface area contributed by atoms with E-state index in [1.165, 1.54) is 0 Å². The van der Waals surface area contributed by atoms with Crippen molar-refractivity contribution in [1.29, 1.82) is 0 Å². The lowest BCUT2D eigenvalue weighted by atomic mass is 10.1. The number of hydrogen-bond acceptors (Lipinski definition) is 5. The van der Waals surface area contributed by atoms with Crippen molar-refractivity contribution in [2.75, 3.05) is 6.54 Å². The molecule has 0 amide bonds. The van der Waals surface area contributed by atoms with Crippen molar-refractivity contribution in [2.24, 2.45) is 5.73 Å². The van der Waals surface area contributed by atoms with Crippen molar-refractivity contribution in [3.63, 3.8) is 0 Å². The van der Waals surface area contributed by atoms with Crippen LogP contribution in [0.25, 0.3) is 0 Å². The van der Waals surface area contributed by atoms with Crippen molar-refractivity contribution in [3.05, 3.63) is 33.1 Å². The minimum Gasteiger partial charge on any atom is -0.385 e. The van der Waals surface area contributed by atoms with Gasteiger partial charge in [0.15, 0.2) is 12.4 Å². The number of aromatic amines is 1. The molecule has 0 aliphatic carbocycles. The lowest BCUT2D eigenvalue weighted by Crippen LogP contribution is -2.36. The molecule has 2 rings (SSSR count). The number of nitrogens with one attached hydrogen (secondary N) is 1. The van der Waals surface area contributed by atoms with Crippen LogP contribution in [0.15, 0.2) is 21.9 Å². The number of aliphatic hydroxyl groups is 1. The molecule has 8 heteroatoms. The van der Waals surface area contributed by atoms with Crippen LogP contribution in [0.5, 0.6) is 0 Å². The van der Waals surface area contributed by atoms with Crippen molar-refractivity contribution >= 4 is 0 Å². The number of aliphatic hydroxyl groups excluding tert-OH is 1. The summed E-state index contributed by atoms with van der Waals surface area (Å²) >= 11 is 0. The predicted octanol–water partition coefficient (Wildman–Crippen LogP) is -1.91. The number of nitrogens with two attached hydrogens (primary N) is 1. The molecule has 2 heterocycles. The van der Waals surface area contributed by atoms with Crippen molar-refractivity contribution in [1.82, 2.24) is 9.55 Å². The number of aromatic nitrogens is 2. The fourth-order valence-electron chi connectivity index (χ4n) is 1.76. The zero-order valence-electron chi connectivity index (χ0n) is 8.75. The molecule has 1 aliphatic heterocycles. The number of halogens is 1. The summed E-state index contributed by atoms with van der Waals surface area (Å²) in [7, 11) is 0. The zero-order chi connectivity index (χ0) is 12.6. The highest BCUT2D eigenvalue weighted by Gasteiger charge is 2.44. The summed E-state index contributed by atoms with van der Waals surface area (Å²) in [6, 6.07) is 1.08. The lowest BCUT2D eigenvalue weighted by Gasteiger charge is -2.16. The predicted molar refractivity (Wildman–Crippen MR) is 55.2 cm³/mol. The first-order valence-electron chi connectivity index (χ1n) is 5.03. The Bertz CT molecular complexity index is 513. The molecule has 1 saturated heterocycles. The van der Waals surface area contributed by atoms with Gasteiger partial charge in [-0.1, -0.05) is 0 Å². The SMILES string of the molecule is NCC1OC(n2ccc(=O)[nH]c2=O)C(O)C1F. The Labute approximate surface area is 94.6 Å². The van der Waals surface area contributed by atoms with Crippen molar-refractivity contribution < 1.29 is 14.2 Å². The number of ether oxygens (including phenoxy) is 1. The Balaban J connectivity index is 2.35. The van der Waals surface area contributed by atoms with E-state index in [-0.39, 0.29) is 6.54 Å². The van der Waals surface area contributed by atoms with Gasteiger partial charge in [-0.3, -0.25) is 14.3 Å². The van der Waals surface area contributed by atoms with Crippen molar-refractivity contribution in [2.45, 2.75) is 24.6 Å². The van der Waals surface area contributed by atoms with Gasteiger partial charge in [-0.05, 0) is 0 Å². The van der Waals surface area contributed by atoms with E-state index in [1.807, 2.05) is 4.98 Å². The van der Waals surface area contributed by atoms with E-state index in [0.29, 0.717) is 0 Å². The van der Waals surface area contributed by atoms with E-state index < -0.39 is 35.9 Å². The summed E-state index contributed by atoms with van der Waals surface area (Å²) in [5.41, 5.74) is 3.92. The first-order chi connectivity index (χ1) is 8.04. The van der Waals surface area contributed by atoms with Crippen LogP contribution in [0.4, 0.5) is 4.39 Å². The molecule has 0 saturated carbocycles. The molecule has 17 heavy (non-hydrogen) atoms. The van der Waals surface area contributed by atoms with E-state index in [4.69, 9.17) is 10.5 Å². The largest absolute Gasteiger partial charge is 0.385 e. The molecule has 4 atom stereocenters. The highest BCUT2D eigenvalue weighted by atomic mass is 19.1. The minimum atomic E-state index is -1.66. The maximum atomic E-state index is 13.5. The van der Waals surface area contributed by atoms with Crippen LogP contribution in [-0.4, -0.2) is 39.6 Å². The zero-order valence-corrected chi connectivity index (χ0v) is 8.75. The minimum absolute atomic E-state index is 0.104. The summed E-state index contributed by atoms with van der Waals surface area (Å²) < 4.78 is 19.5. The van der Waals surface area contributed by atoms with Crippen LogP contribution in [0, 0.1) is 0 Å². The molecule has 7 nitrogen and oxygen atoms in total. The van der Waals surface area contributed by atoms with Gasteiger partial charge in [-0.15, -0.1) is 0 Å². The molecule has 1 aliphatic rings. The van der Waals surface area contributed by atoms with Crippen LogP contribution in [-0.2, 0) is 4.74 Å². The summed E-state index contributed by atoms with van der Waals surface area (Å²) in [6.07, 6.45) is -4.16. The highest BCUT2D eigenvalue weighted by molar-refractivity contribution is 4.93. The van der Waals surface area contributed by atoms with Crippen LogP contribution in [0.1, 0.15) is 6.23 Å². The van der Waals surface area contributed by atoms with E-state index in [1.54, 1.807) is 0 Å². The van der Waals surface area contributed by atoms with E-state index in [0.717, 1.165) is 16.8 Å². The summed E-state index contributed by atoms with van der Waals surface area (Å²) in [5, 5.41) is 9.60. The van der Waals surface area contributed by atoms with Gasteiger partial charge in [-0.2, -0.15) is 0 Å². The smallest absolute Gasteiger partial charge is 0.330 e. The number of H-pyrrole nitrogens is 1. The molecular formula is C9H12FN3O4. The Morgan fingerprint density at radius 2 is 2.29 bits per heavy atom. The first kappa shape index (κ1) is 12.0. The van der Waals surface area contributed by atoms with Gasteiger partial charge in [0.25, 0.3) is 5.56 Å². The quantitative estimate of drug-likeness (QED) is 0.563. The van der Waals surface area contributed by atoms with E-state index >= 15 is 0 Å². The third-order valence-corrected chi connectivity index (χ3v) is 2.65. The second kappa shape index (κ2) is 4.40. The second-order valence-corrected chi connectivity index (χ2v) is 3.75. The fourth-order valence-corrected chi connectivity index (χ4v) is 1.76. The molecular weight excluding hydrogens is 233 g/mol. The summed E-state index contributed by atoms with van der Waals surface area (Å²) in [5.74, 6) is 0. The van der Waals surface area contributed by atoms with Gasteiger partial charge in [0, 0.05) is 18.8 Å². The molecule has 0 spiro atoms. The maximum absolute atomic E-state index is 13.5. The van der Waals surface area contributed by atoms with Crippen molar-refractivity contribution in [3.8, 4) is 0 Å². The molecule has 1 aromatic heterocycles. The van der Waals surface area contributed by atoms with Gasteiger partial charge >= 0.3 is 5.69 Å². The first-order valence-corrected chi connectivity index (χ1v) is 5.03. The highest BCUT2D eigenvalue weighted by Crippen LogP contribution is 2.29. The number of nitrogens with zero attached hydrogens (tertiary/aromatic N) is 1. The fraction of sp³-hybridized carbons (Fsp3) is 0.556. The third-order valence-electron chi connectivity index (χ3n) is 2.65. The molecule has 0 aromatic carbocycles. The summed E-state index contributed by atoms with van der Waals surface area (Å²) in [4.78, 5) is 24.3. The molecule has 4 N–H and O–H groups in total. The van der Waals surface area contributed by atoms with Crippen LogP contribution >= 0.6 is 0 Å². The van der Waals surface area contributed by atoms with Gasteiger partial charge in [0.05, 0.1) is 0 Å². The molecule has 4 unspecified atom stereocenters. The molecule has 94 valence electrons. The van der Waals surface area contributed by atoms with Gasteiger partial charge in [0.2, 0.25) is 0 Å². The number of alkyl halides is 1. The lowest BCUT2D eigenvalue weighted by molar-refractivity contribution is -0.0372. The van der Waals surface area contributed by atoms with Crippen LogP contribution in [0.2, 0.25) is 0 Å². The van der Waals surface area contributed by atoms with Gasteiger partial charge < -0.3 is 15.6 Å². The maximum Gasteiger partial charge on any atom is 0.330 e. The number of rotatable bonds is 2. The van der Waals surface area contributed by atoms with E-state index in [9.17, 15) is 19.1 Å². The average Bonchev–Trinajstić information content (AvgIpc) is 2.57. The Morgan fingerprint density at radius 1 is 1.59 bits per heavy atom. The standard InChI is InChI=1S/C9H12FN3O4/c10-6-4(3-11)17-8(7(6)15)13-2-1-5(14)12-9(13)16/h1-2,4,6-8,15H,3,11H2,(H,12,14,16). The molecule has 0 bridgehead atoms. The van der Waals surface area contributed by atoms with Gasteiger partial charge in [-0.25, -0.2) is 9.18 Å². The molecule has 0 radical (unpaired) electrons. The van der Waals surface area contributed by atoms with Crippen LogP contribution in [0.3, 0.4) is 0 Å². The topological polar surface area (TPSA) is 110 Å². The second-order valence-electron chi connectivity index (χ2n) is 3.75. The van der Waals surface area contributed by atoms with Crippen LogP contribution < -0.4 is 17.0 Å². The average molecular weight is 245 g/mol. The van der Waals surface area contributed by atoms with E-state index in [2.05, 4.69) is 0 Å². The normalized spacial score (nSPS) is 32.9. The van der Waals surface area contributed by atoms with Gasteiger partial charge in [0.1, 0.15) is 12.2 Å². The molecule has 1 fully saturated rings. The Hall–Kier alpha value is -1.51. The Kier molecular flexibility index (Phi) is 3.09. The monoisotopic (exact) mass is 245 g/mol. The summed E-state index contributed by atoms with van der Waals surface area (Å²) in [6.45, 7) is -0.104. The third kappa shape index (κ3) is 2.02. The number of hydrogen-bond donors (Lipinski definition) is 3.